The van der Waals surface area contributed by atoms with Gasteiger partial charge >= 0.3 is 5.97 Å². The Kier molecular flexibility index (Phi) is 5.56. The number of benzene rings is 2. The van der Waals surface area contributed by atoms with E-state index in [2.05, 4.69) is 9.71 Å². The average Bonchev–Trinajstić information content (AvgIpc) is 3.04. The monoisotopic (exact) mass is 386 g/mol. The van der Waals surface area contributed by atoms with Gasteiger partial charge in [0, 0.05) is 5.56 Å². The van der Waals surface area contributed by atoms with Crippen molar-refractivity contribution in [2.75, 3.05) is 11.3 Å². The third-order valence-corrected chi connectivity index (χ3v) is 4.95. The van der Waals surface area contributed by atoms with E-state index in [4.69, 9.17) is 9.15 Å². The standard InChI is InChI=1S/C19H18N2O5S/c1-2-25-17(22)13-16-20-19(18(26-16)14-9-5-3-6-10-14)21-27(23,24)15-11-7-4-8-12-15/h3-12,21H,2,13H2,1H3. The Morgan fingerprint density at radius 3 is 2.33 bits per heavy atom. The van der Waals surface area contributed by atoms with Gasteiger partial charge in [-0.3, -0.25) is 9.52 Å². The molecule has 2 aromatic carbocycles. The third-order valence-electron chi connectivity index (χ3n) is 3.59. The molecule has 0 saturated heterocycles. The summed E-state index contributed by atoms with van der Waals surface area (Å²) in [6.45, 7) is 1.93. The van der Waals surface area contributed by atoms with Gasteiger partial charge in [0.15, 0.2) is 11.6 Å². The summed E-state index contributed by atoms with van der Waals surface area (Å²) in [5.74, 6) is -0.187. The Hall–Kier alpha value is -3.13. The van der Waals surface area contributed by atoms with E-state index in [1.807, 2.05) is 6.07 Å². The van der Waals surface area contributed by atoms with Gasteiger partial charge in [-0.2, -0.15) is 4.98 Å². The molecule has 8 heteroatoms. The minimum Gasteiger partial charge on any atom is -0.466 e. The molecule has 27 heavy (non-hydrogen) atoms. The Bertz CT molecular complexity index is 1010. The lowest BCUT2D eigenvalue weighted by atomic mass is 10.2. The fourth-order valence-electron chi connectivity index (χ4n) is 2.42. The van der Waals surface area contributed by atoms with E-state index in [1.54, 1.807) is 49.4 Å². The number of nitrogens with one attached hydrogen (secondary N) is 1. The quantitative estimate of drug-likeness (QED) is 0.626. The Balaban J connectivity index is 1.97. The lowest BCUT2D eigenvalue weighted by Gasteiger charge is -2.06. The van der Waals surface area contributed by atoms with Crippen molar-refractivity contribution in [3.05, 3.63) is 66.6 Å². The SMILES string of the molecule is CCOC(=O)Cc1nc(NS(=O)(=O)c2ccccc2)c(-c2ccccc2)o1. The zero-order chi connectivity index (χ0) is 19.3. The number of nitrogens with zero attached hydrogens (tertiary/aromatic N) is 1. The van der Waals surface area contributed by atoms with Crippen LogP contribution in [0, 0.1) is 0 Å². The summed E-state index contributed by atoms with van der Waals surface area (Å²) in [5.41, 5.74) is 0.630. The first-order valence-electron chi connectivity index (χ1n) is 8.28. The molecule has 0 aliphatic heterocycles. The smallest absolute Gasteiger partial charge is 0.315 e. The van der Waals surface area contributed by atoms with Gasteiger partial charge in [-0.15, -0.1) is 0 Å². The van der Waals surface area contributed by atoms with E-state index < -0.39 is 16.0 Å². The minimum absolute atomic E-state index is 0.0179. The van der Waals surface area contributed by atoms with E-state index in [1.165, 1.54) is 12.1 Å². The van der Waals surface area contributed by atoms with Crippen LogP contribution in [0.4, 0.5) is 5.82 Å². The molecule has 0 bridgehead atoms. The van der Waals surface area contributed by atoms with Crippen LogP contribution >= 0.6 is 0 Å². The van der Waals surface area contributed by atoms with Gasteiger partial charge in [0.25, 0.3) is 10.0 Å². The van der Waals surface area contributed by atoms with Gasteiger partial charge in [0.2, 0.25) is 5.89 Å². The number of aromatic nitrogens is 1. The van der Waals surface area contributed by atoms with Crippen molar-refractivity contribution in [1.82, 2.24) is 4.98 Å². The normalized spacial score (nSPS) is 11.1. The van der Waals surface area contributed by atoms with Crippen LogP contribution in [0.3, 0.4) is 0 Å². The predicted molar refractivity (Wildman–Crippen MR) is 99.5 cm³/mol. The fourth-order valence-corrected chi connectivity index (χ4v) is 3.44. The van der Waals surface area contributed by atoms with Crippen molar-refractivity contribution in [2.24, 2.45) is 0 Å². The number of ether oxygens (including phenoxy) is 1. The molecule has 0 radical (unpaired) electrons. The summed E-state index contributed by atoms with van der Waals surface area (Å²) in [4.78, 5) is 16.0. The van der Waals surface area contributed by atoms with Crippen LogP contribution in [-0.4, -0.2) is 26.0 Å². The van der Waals surface area contributed by atoms with Crippen LogP contribution in [0.2, 0.25) is 0 Å². The minimum atomic E-state index is -3.86. The molecule has 0 fully saturated rings. The number of carbonyl (C=O) groups is 1. The molecule has 0 saturated carbocycles. The number of oxazole rings is 1. The predicted octanol–water partition coefficient (Wildman–Crippen LogP) is 3.25. The largest absolute Gasteiger partial charge is 0.466 e. The van der Waals surface area contributed by atoms with E-state index in [0.29, 0.717) is 5.56 Å². The maximum atomic E-state index is 12.6. The molecule has 0 atom stereocenters. The summed E-state index contributed by atoms with van der Waals surface area (Å²) in [6, 6.07) is 16.9. The highest BCUT2D eigenvalue weighted by Crippen LogP contribution is 2.30. The molecule has 0 unspecified atom stereocenters. The second-order valence-corrected chi connectivity index (χ2v) is 7.23. The van der Waals surface area contributed by atoms with Crippen molar-refractivity contribution >= 4 is 21.8 Å². The fraction of sp³-hybridized carbons (Fsp3) is 0.158. The summed E-state index contributed by atoms with van der Waals surface area (Å²) in [6.07, 6.45) is -0.194. The Morgan fingerprint density at radius 1 is 1.07 bits per heavy atom. The van der Waals surface area contributed by atoms with Gasteiger partial charge in [-0.05, 0) is 19.1 Å². The molecule has 1 N–H and O–H groups in total. The third kappa shape index (κ3) is 4.53. The summed E-state index contributed by atoms with van der Waals surface area (Å²) >= 11 is 0. The highest BCUT2D eigenvalue weighted by Gasteiger charge is 2.23. The lowest BCUT2D eigenvalue weighted by molar-refractivity contribution is -0.142. The summed E-state index contributed by atoms with van der Waals surface area (Å²) in [5, 5.41) is 0. The second kappa shape index (κ2) is 8.05. The lowest BCUT2D eigenvalue weighted by Crippen LogP contribution is -2.14. The van der Waals surface area contributed by atoms with Crippen LogP contribution < -0.4 is 4.72 Å². The summed E-state index contributed by atoms with van der Waals surface area (Å²) < 4.78 is 38.3. The van der Waals surface area contributed by atoms with E-state index in [9.17, 15) is 13.2 Å². The van der Waals surface area contributed by atoms with Crippen LogP contribution in [0.15, 0.2) is 70.0 Å². The van der Waals surface area contributed by atoms with Gasteiger partial charge in [-0.1, -0.05) is 48.5 Å². The first-order valence-corrected chi connectivity index (χ1v) is 9.76. The molecule has 1 heterocycles. The maximum absolute atomic E-state index is 12.6. The van der Waals surface area contributed by atoms with Crippen LogP contribution in [0.1, 0.15) is 12.8 Å². The maximum Gasteiger partial charge on any atom is 0.315 e. The first-order chi connectivity index (χ1) is 13.0. The van der Waals surface area contributed by atoms with Crippen LogP contribution in [0.5, 0.6) is 0 Å². The van der Waals surface area contributed by atoms with Crippen molar-refractivity contribution < 1.29 is 22.4 Å². The number of anilines is 1. The number of carbonyl (C=O) groups excluding carboxylic acids is 1. The van der Waals surface area contributed by atoms with Crippen LogP contribution in [0.25, 0.3) is 11.3 Å². The molecule has 0 aliphatic rings. The van der Waals surface area contributed by atoms with E-state index in [-0.39, 0.29) is 35.4 Å². The Labute approximate surface area is 157 Å². The molecule has 3 rings (SSSR count). The first kappa shape index (κ1) is 18.7. The number of hydrogen-bond donors (Lipinski definition) is 1. The van der Waals surface area contributed by atoms with E-state index in [0.717, 1.165) is 0 Å². The van der Waals surface area contributed by atoms with Crippen molar-refractivity contribution in [3.63, 3.8) is 0 Å². The number of hydrogen-bond acceptors (Lipinski definition) is 6. The number of rotatable bonds is 7. The average molecular weight is 386 g/mol. The highest BCUT2D eigenvalue weighted by molar-refractivity contribution is 7.92. The Morgan fingerprint density at radius 2 is 1.70 bits per heavy atom. The highest BCUT2D eigenvalue weighted by atomic mass is 32.2. The zero-order valence-electron chi connectivity index (χ0n) is 14.6. The number of sulfonamides is 1. The molecular weight excluding hydrogens is 368 g/mol. The van der Waals surface area contributed by atoms with Crippen molar-refractivity contribution in [1.29, 1.82) is 0 Å². The van der Waals surface area contributed by atoms with Gasteiger partial charge < -0.3 is 9.15 Å². The molecule has 140 valence electrons. The van der Waals surface area contributed by atoms with Gasteiger partial charge in [0.05, 0.1) is 11.5 Å². The van der Waals surface area contributed by atoms with E-state index >= 15 is 0 Å². The van der Waals surface area contributed by atoms with Crippen molar-refractivity contribution in [3.8, 4) is 11.3 Å². The zero-order valence-corrected chi connectivity index (χ0v) is 15.4. The van der Waals surface area contributed by atoms with Crippen molar-refractivity contribution in [2.45, 2.75) is 18.2 Å². The van der Waals surface area contributed by atoms with Gasteiger partial charge in [-0.25, -0.2) is 8.42 Å². The summed E-state index contributed by atoms with van der Waals surface area (Å²) in [7, 11) is -3.86. The van der Waals surface area contributed by atoms with Crippen LogP contribution in [-0.2, 0) is 26.0 Å². The number of esters is 1. The molecule has 1 aromatic heterocycles. The topological polar surface area (TPSA) is 98.5 Å². The molecule has 0 amide bonds. The molecular formula is C19H18N2O5S. The molecule has 0 aliphatic carbocycles. The molecule has 3 aromatic rings. The molecule has 0 spiro atoms. The molecule has 7 nitrogen and oxygen atoms in total. The van der Waals surface area contributed by atoms with Gasteiger partial charge in [0.1, 0.15) is 6.42 Å². The second-order valence-electron chi connectivity index (χ2n) is 5.55.